The van der Waals surface area contributed by atoms with Crippen LogP contribution in [0.5, 0.6) is 0 Å². The van der Waals surface area contributed by atoms with E-state index in [-0.39, 0.29) is 11.9 Å². The lowest BCUT2D eigenvalue weighted by molar-refractivity contribution is 0.102. The van der Waals surface area contributed by atoms with Crippen LogP contribution in [0.3, 0.4) is 0 Å². The van der Waals surface area contributed by atoms with Crippen molar-refractivity contribution in [2.75, 3.05) is 10.6 Å². The molecule has 0 spiro atoms. The van der Waals surface area contributed by atoms with Gasteiger partial charge in [0.05, 0.1) is 6.04 Å². The predicted octanol–water partition coefficient (Wildman–Crippen LogP) is 5.55. The van der Waals surface area contributed by atoms with Crippen LogP contribution in [0.1, 0.15) is 39.3 Å². The second kappa shape index (κ2) is 9.33. The standard InChI is InChI=1S/C24H22N4OS/c1-2-19-15-20(24(30-19)28-23(29)17-9-4-3-5-10-17)22(18-11-8-13-25-16-18)27-21-12-6-7-14-26-21/h3-16,22H,2H2,1H3,(H,26,27)(H,28,29)/t22-/m0/s1. The molecule has 0 aliphatic rings. The zero-order valence-electron chi connectivity index (χ0n) is 16.6. The average molecular weight is 415 g/mol. The molecule has 0 aliphatic carbocycles. The third-order valence-corrected chi connectivity index (χ3v) is 5.92. The molecule has 1 atom stereocenters. The van der Waals surface area contributed by atoms with E-state index in [4.69, 9.17) is 0 Å². The quantitative estimate of drug-likeness (QED) is 0.416. The van der Waals surface area contributed by atoms with Crippen molar-refractivity contribution in [1.82, 2.24) is 9.97 Å². The van der Waals surface area contributed by atoms with Crippen molar-refractivity contribution < 1.29 is 4.79 Å². The Morgan fingerprint density at radius 1 is 1.03 bits per heavy atom. The van der Waals surface area contributed by atoms with Gasteiger partial charge in [-0.25, -0.2) is 4.98 Å². The number of nitrogens with one attached hydrogen (secondary N) is 2. The minimum atomic E-state index is -0.198. The van der Waals surface area contributed by atoms with Gasteiger partial charge in [-0.05, 0) is 48.4 Å². The number of thiophene rings is 1. The number of pyridine rings is 2. The van der Waals surface area contributed by atoms with Gasteiger partial charge < -0.3 is 10.6 Å². The maximum atomic E-state index is 12.8. The number of anilines is 2. The Morgan fingerprint density at radius 3 is 2.57 bits per heavy atom. The van der Waals surface area contributed by atoms with E-state index in [1.165, 1.54) is 4.88 Å². The molecule has 4 aromatic rings. The largest absolute Gasteiger partial charge is 0.359 e. The number of hydrogen-bond donors (Lipinski definition) is 2. The predicted molar refractivity (Wildman–Crippen MR) is 122 cm³/mol. The molecule has 150 valence electrons. The minimum Gasteiger partial charge on any atom is -0.359 e. The number of aromatic nitrogens is 2. The molecule has 30 heavy (non-hydrogen) atoms. The molecule has 2 N–H and O–H groups in total. The zero-order chi connectivity index (χ0) is 20.8. The van der Waals surface area contributed by atoms with Crippen LogP contribution < -0.4 is 10.6 Å². The number of benzene rings is 1. The molecule has 0 saturated heterocycles. The maximum absolute atomic E-state index is 12.8. The third kappa shape index (κ3) is 4.55. The van der Waals surface area contributed by atoms with Crippen molar-refractivity contribution in [1.29, 1.82) is 0 Å². The Hall–Kier alpha value is -3.51. The second-order valence-corrected chi connectivity index (χ2v) is 7.89. The van der Waals surface area contributed by atoms with Crippen LogP contribution in [0.25, 0.3) is 0 Å². The Bertz CT molecular complexity index is 1100. The van der Waals surface area contributed by atoms with E-state index < -0.39 is 0 Å². The molecule has 0 radical (unpaired) electrons. The second-order valence-electron chi connectivity index (χ2n) is 6.75. The molecule has 0 fully saturated rings. The topological polar surface area (TPSA) is 66.9 Å². The van der Waals surface area contributed by atoms with Crippen molar-refractivity contribution in [3.05, 3.63) is 107 Å². The lowest BCUT2D eigenvalue weighted by atomic mass is 10.0. The number of carbonyl (C=O) groups is 1. The smallest absolute Gasteiger partial charge is 0.256 e. The van der Waals surface area contributed by atoms with Gasteiger partial charge >= 0.3 is 0 Å². The number of amides is 1. The normalized spacial score (nSPS) is 11.6. The highest BCUT2D eigenvalue weighted by Gasteiger charge is 2.22. The van der Waals surface area contributed by atoms with Crippen LogP contribution >= 0.6 is 11.3 Å². The van der Waals surface area contributed by atoms with E-state index in [1.54, 1.807) is 23.7 Å². The lowest BCUT2D eigenvalue weighted by Crippen LogP contribution is -2.17. The fourth-order valence-corrected chi connectivity index (χ4v) is 4.22. The van der Waals surface area contributed by atoms with Gasteiger partial charge in [0.1, 0.15) is 10.8 Å². The van der Waals surface area contributed by atoms with Gasteiger partial charge in [0.25, 0.3) is 5.91 Å². The Balaban J connectivity index is 1.72. The summed E-state index contributed by atoms with van der Waals surface area (Å²) in [6.07, 6.45) is 6.24. The Morgan fingerprint density at radius 2 is 1.87 bits per heavy atom. The first kappa shape index (κ1) is 19.8. The number of carbonyl (C=O) groups excluding carboxylic acids is 1. The van der Waals surface area contributed by atoms with Crippen LogP contribution in [0, 0.1) is 0 Å². The van der Waals surface area contributed by atoms with Crippen LogP contribution in [-0.2, 0) is 6.42 Å². The summed E-state index contributed by atoms with van der Waals surface area (Å²) in [6.45, 7) is 2.11. The molecular formula is C24H22N4OS. The summed E-state index contributed by atoms with van der Waals surface area (Å²) in [7, 11) is 0. The fraction of sp³-hybridized carbons (Fsp3) is 0.125. The summed E-state index contributed by atoms with van der Waals surface area (Å²) in [6, 6.07) is 20.9. The van der Waals surface area contributed by atoms with E-state index >= 15 is 0 Å². The summed E-state index contributed by atoms with van der Waals surface area (Å²) in [5.41, 5.74) is 2.63. The molecule has 5 nitrogen and oxygen atoms in total. The monoisotopic (exact) mass is 414 g/mol. The van der Waals surface area contributed by atoms with Crippen molar-refractivity contribution in [3.8, 4) is 0 Å². The number of aryl methyl sites for hydroxylation is 1. The van der Waals surface area contributed by atoms with E-state index in [1.807, 2.05) is 66.9 Å². The zero-order valence-corrected chi connectivity index (χ0v) is 17.4. The van der Waals surface area contributed by atoms with Crippen LogP contribution in [0.4, 0.5) is 10.8 Å². The summed E-state index contributed by atoms with van der Waals surface area (Å²) >= 11 is 1.60. The molecule has 0 unspecified atom stereocenters. The Labute approximate surface area is 179 Å². The maximum Gasteiger partial charge on any atom is 0.256 e. The van der Waals surface area contributed by atoms with Gasteiger partial charge in [0.15, 0.2) is 0 Å². The molecule has 0 aliphatic heterocycles. The highest BCUT2D eigenvalue weighted by Crippen LogP contribution is 2.37. The van der Waals surface area contributed by atoms with Gasteiger partial charge in [-0.2, -0.15) is 0 Å². The van der Waals surface area contributed by atoms with Crippen LogP contribution in [0.2, 0.25) is 0 Å². The number of hydrogen-bond acceptors (Lipinski definition) is 5. The molecule has 1 aromatic carbocycles. The summed E-state index contributed by atoms with van der Waals surface area (Å²) < 4.78 is 0. The van der Waals surface area contributed by atoms with Gasteiger partial charge in [0.2, 0.25) is 0 Å². The first-order valence-electron chi connectivity index (χ1n) is 9.81. The highest BCUT2D eigenvalue weighted by atomic mass is 32.1. The first-order valence-corrected chi connectivity index (χ1v) is 10.6. The third-order valence-electron chi connectivity index (χ3n) is 4.71. The van der Waals surface area contributed by atoms with E-state index in [0.29, 0.717) is 5.56 Å². The van der Waals surface area contributed by atoms with E-state index in [0.717, 1.165) is 28.4 Å². The van der Waals surface area contributed by atoms with Gasteiger partial charge in [-0.1, -0.05) is 37.3 Å². The molecule has 0 saturated carbocycles. The molecule has 4 rings (SSSR count). The molecule has 1 amide bonds. The van der Waals surface area contributed by atoms with Gasteiger partial charge in [0, 0.05) is 34.6 Å². The molecule has 3 aromatic heterocycles. The van der Waals surface area contributed by atoms with E-state index in [9.17, 15) is 4.79 Å². The summed E-state index contributed by atoms with van der Waals surface area (Å²) in [5.74, 6) is 0.639. The van der Waals surface area contributed by atoms with E-state index in [2.05, 4.69) is 33.6 Å². The number of rotatable bonds is 7. The number of nitrogens with zero attached hydrogens (tertiary/aromatic N) is 2. The molecule has 0 bridgehead atoms. The Kier molecular flexibility index (Phi) is 6.15. The SMILES string of the molecule is CCc1cc([C@@H](Nc2ccccn2)c2cccnc2)c(NC(=O)c2ccccc2)s1. The average Bonchev–Trinajstić information content (AvgIpc) is 3.22. The highest BCUT2D eigenvalue weighted by molar-refractivity contribution is 7.16. The van der Waals surface area contributed by atoms with Crippen molar-refractivity contribution in [2.24, 2.45) is 0 Å². The first-order chi connectivity index (χ1) is 14.7. The molecular weight excluding hydrogens is 392 g/mol. The minimum absolute atomic E-state index is 0.121. The summed E-state index contributed by atoms with van der Waals surface area (Å²) in [5, 5.41) is 7.45. The van der Waals surface area contributed by atoms with Crippen LogP contribution in [0.15, 0.2) is 85.3 Å². The fourth-order valence-electron chi connectivity index (χ4n) is 3.19. The molecule has 3 heterocycles. The van der Waals surface area contributed by atoms with Gasteiger partial charge in [-0.15, -0.1) is 11.3 Å². The molecule has 6 heteroatoms. The lowest BCUT2D eigenvalue weighted by Gasteiger charge is -2.20. The van der Waals surface area contributed by atoms with Crippen molar-refractivity contribution >= 4 is 28.1 Å². The van der Waals surface area contributed by atoms with Crippen LogP contribution in [-0.4, -0.2) is 15.9 Å². The summed E-state index contributed by atoms with van der Waals surface area (Å²) in [4.78, 5) is 22.7. The van der Waals surface area contributed by atoms with Gasteiger partial charge in [-0.3, -0.25) is 9.78 Å². The van der Waals surface area contributed by atoms with Crippen molar-refractivity contribution in [2.45, 2.75) is 19.4 Å². The van der Waals surface area contributed by atoms with Crippen molar-refractivity contribution in [3.63, 3.8) is 0 Å².